The summed E-state index contributed by atoms with van der Waals surface area (Å²) in [6.45, 7) is 2.25. The molecule has 4 atom stereocenters. The number of likely N-dealkylation sites (tertiary alicyclic amines) is 2. The zero-order valence-electron chi connectivity index (χ0n) is 39.5. The first kappa shape index (κ1) is 49.2. The van der Waals surface area contributed by atoms with Crippen LogP contribution in [0.5, 0.6) is 0 Å². The molecule has 2 aliphatic heterocycles. The summed E-state index contributed by atoms with van der Waals surface area (Å²) in [5, 5.41) is 9.97. The predicted octanol–water partition coefficient (Wildman–Crippen LogP) is 8.33. The fraction of sp³-hybridized carbons (Fsp3) is 0.267. The van der Waals surface area contributed by atoms with Crippen LogP contribution in [0, 0.1) is 35.0 Å². The molecule has 0 saturated carbocycles. The maximum atomic E-state index is 13.9. The molecule has 8 rings (SSSR count). The largest absolute Gasteiger partial charge is 0.368 e. The molecule has 2 aliphatic rings. The van der Waals surface area contributed by atoms with Crippen molar-refractivity contribution >= 4 is 17.7 Å². The summed E-state index contributed by atoms with van der Waals surface area (Å²) in [5.41, 5.74) is 11.5. The molecule has 3 amide bonds. The van der Waals surface area contributed by atoms with Gasteiger partial charge in [0.25, 0.3) is 0 Å². The zero-order valence-corrected chi connectivity index (χ0v) is 39.5. The minimum Gasteiger partial charge on any atom is -0.368 e. The second kappa shape index (κ2) is 24.9. The van der Waals surface area contributed by atoms with Gasteiger partial charge in [-0.25, -0.2) is 0 Å². The molecule has 0 radical (unpaired) electrons. The first-order valence-corrected chi connectivity index (χ1v) is 23.7. The van der Waals surface area contributed by atoms with Gasteiger partial charge in [-0.1, -0.05) is 181 Å². The summed E-state index contributed by atoms with van der Waals surface area (Å²) in [4.78, 5) is 48.1. The number of amides is 3. The van der Waals surface area contributed by atoms with E-state index in [-0.39, 0.29) is 23.9 Å². The van der Waals surface area contributed by atoms with Gasteiger partial charge in [-0.2, -0.15) is 5.26 Å². The molecule has 9 heteroatoms. The molecule has 2 saturated heterocycles. The van der Waals surface area contributed by atoms with E-state index in [0.717, 1.165) is 46.2 Å². The lowest BCUT2D eigenvalue weighted by Gasteiger charge is -2.42. The molecule has 0 spiro atoms. The Labute approximate surface area is 408 Å². The molecule has 9 nitrogen and oxygen atoms in total. The molecule has 6 aromatic rings. The highest BCUT2D eigenvalue weighted by atomic mass is 16.2. The molecule has 6 aromatic carbocycles. The molecule has 0 aromatic heterocycles. The van der Waals surface area contributed by atoms with Gasteiger partial charge in [0.15, 0.2) is 0 Å². The van der Waals surface area contributed by atoms with Crippen LogP contribution in [0.4, 0.5) is 0 Å². The summed E-state index contributed by atoms with van der Waals surface area (Å²) >= 11 is 0. The van der Waals surface area contributed by atoms with E-state index in [0.29, 0.717) is 39.0 Å². The minimum atomic E-state index is -0.652. The van der Waals surface area contributed by atoms with Crippen LogP contribution in [0.2, 0.25) is 0 Å². The number of hydrogen-bond acceptors (Lipinski definition) is 6. The second-order valence-corrected chi connectivity index (χ2v) is 17.7. The molecule has 348 valence electrons. The third kappa shape index (κ3) is 13.2. The molecule has 2 heterocycles. The van der Waals surface area contributed by atoms with Gasteiger partial charge in [0.05, 0.1) is 31.0 Å². The summed E-state index contributed by atoms with van der Waals surface area (Å²) in [6, 6.07) is 60.6. The molecule has 0 bridgehead atoms. The predicted molar refractivity (Wildman–Crippen MR) is 273 cm³/mol. The quantitative estimate of drug-likeness (QED) is 0.131. The van der Waals surface area contributed by atoms with Crippen LogP contribution in [0.25, 0.3) is 0 Å². The van der Waals surface area contributed by atoms with Crippen molar-refractivity contribution in [2.45, 2.75) is 61.7 Å². The van der Waals surface area contributed by atoms with E-state index in [4.69, 9.17) is 5.73 Å². The molecule has 0 unspecified atom stereocenters. The maximum Gasteiger partial charge on any atom is 0.240 e. The number of nitrogens with two attached hydrogens (primary N) is 1. The SMILES string of the molecule is CN(CC#Cc1ccccc1)[C@@H]1CCN(C(=O)C(c2ccccc2)c2ccccc2)[C@H](C#N)C1.CN(CC#Cc1ccccc1)[C@@H]1CCN(C(=O)C(c2ccccc2)c2ccccc2)[C@H](C(N)=O)C1. The number of rotatable bonds is 11. The molecule has 0 aliphatic carbocycles. The second-order valence-electron chi connectivity index (χ2n) is 17.7. The number of benzene rings is 6. The number of hydrogen-bond donors (Lipinski definition) is 1. The Hall–Kier alpha value is -7.74. The molecule has 69 heavy (non-hydrogen) atoms. The Morgan fingerprint density at radius 3 is 1.23 bits per heavy atom. The van der Waals surface area contributed by atoms with E-state index >= 15 is 0 Å². The third-order valence-corrected chi connectivity index (χ3v) is 13.1. The van der Waals surface area contributed by atoms with Crippen molar-refractivity contribution in [1.82, 2.24) is 19.6 Å². The normalized spacial score (nSPS) is 17.6. The highest BCUT2D eigenvalue weighted by Crippen LogP contribution is 2.33. The van der Waals surface area contributed by atoms with Crippen molar-refractivity contribution < 1.29 is 14.4 Å². The van der Waals surface area contributed by atoms with Crippen molar-refractivity contribution in [2.24, 2.45) is 5.73 Å². The average molecular weight is 913 g/mol. The fourth-order valence-electron chi connectivity index (χ4n) is 9.32. The number of primary amides is 1. The van der Waals surface area contributed by atoms with E-state index in [1.807, 2.05) is 196 Å². The van der Waals surface area contributed by atoms with Crippen LogP contribution < -0.4 is 5.73 Å². The Morgan fingerprint density at radius 1 is 0.536 bits per heavy atom. The lowest BCUT2D eigenvalue weighted by atomic mass is 9.87. The number of carbonyl (C=O) groups excluding carboxylic acids is 3. The lowest BCUT2D eigenvalue weighted by molar-refractivity contribution is -0.142. The van der Waals surface area contributed by atoms with Gasteiger partial charge >= 0.3 is 0 Å². The van der Waals surface area contributed by atoms with E-state index < -0.39 is 29.8 Å². The molecular formula is C60H60N6O3. The van der Waals surface area contributed by atoms with Crippen molar-refractivity contribution in [2.75, 3.05) is 40.3 Å². The number of nitriles is 1. The Morgan fingerprint density at radius 2 is 0.870 bits per heavy atom. The van der Waals surface area contributed by atoms with Crippen LogP contribution >= 0.6 is 0 Å². The molecular weight excluding hydrogens is 853 g/mol. The Balaban J connectivity index is 0.000000204. The first-order valence-electron chi connectivity index (χ1n) is 23.7. The summed E-state index contributed by atoms with van der Waals surface area (Å²) in [6.07, 6.45) is 2.71. The van der Waals surface area contributed by atoms with E-state index in [1.165, 1.54) is 0 Å². The minimum absolute atomic E-state index is 0.00563. The monoisotopic (exact) mass is 912 g/mol. The van der Waals surface area contributed by atoms with Crippen LogP contribution in [-0.4, -0.2) is 102 Å². The smallest absolute Gasteiger partial charge is 0.240 e. The van der Waals surface area contributed by atoms with Crippen molar-refractivity contribution in [3.63, 3.8) is 0 Å². The van der Waals surface area contributed by atoms with Crippen LogP contribution in [0.15, 0.2) is 182 Å². The maximum absolute atomic E-state index is 13.9. The van der Waals surface area contributed by atoms with Gasteiger partial charge in [-0.3, -0.25) is 24.2 Å². The average Bonchev–Trinajstić information content (AvgIpc) is 3.40. The molecule has 2 N–H and O–H groups in total. The number of piperidine rings is 2. The lowest BCUT2D eigenvalue weighted by Crippen LogP contribution is -2.57. The van der Waals surface area contributed by atoms with Crippen molar-refractivity contribution in [1.29, 1.82) is 5.26 Å². The van der Waals surface area contributed by atoms with E-state index in [2.05, 4.69) is 39.6 Å². The Kier molecular flexibility index (Phi) is 17.7. The van der Waals surface area contributed by atoms with E-state index in [1.54, 1.807) is 9.80 Å². The Bertz CT molecular complexity index is 2670. The van der Waals surface area contributed by atoms with Crippen molar-refractivity contribution in [3.8, 4) is 29.8 Å². The standard InChI is InChI=1S/C30H31N3O2.C30H29N3O/c1-32(20-11-14-23-12-5-2-6-13-23)26-19-21-33(27(22-26)29(31)34)30(35)28(24-15-7-3-8-16-24)25-17-9-4-10-18-25;1-32(20-11-14-24-12-5-2-6-13-24)27-19-21-33(28(22-27)23-31)30(34)29(25-15-7-3-8-16-25)26-17-9-4-10-18-26/h2-10,12-13,15-18,26-28H,19-22H2,1H3,(H2,31,34);2-10,12-13,15-18,27-29H,19-22H2,1H3/t26-,27+;27-,28+/m11/s1. The van der Waals surface area contributed by atoms with Crippen LogP contribution in [0.3, 0.4) is 0 Å². The van der Waals surface area contributed by atoms with Gasteiger partial charge in [0.1, 0.15) is 12.1 Å². The van der Waals surface area contributed by atoms with Gasteiger partial charge in [0.2, 0.25) is 17.7 Å². The summed E-state index contributed by atoms with van der Waals surface area (Å²) in [7, 11) is 4.06. The highest BCUT2D eigenvalue weighted by molar-refractivity contribution is 5.92. The molecule has 2 fully saturated rings. The van der Waals surface area contributed by atoms with Crippen LogP contribution in [0.1, 0.15) is 70.9 Å². The number of nitrogens with zero attached hydrogens (tertiary/aromatic N) is 5. The van der Waals surface area contributed by atoms with E-state index in [9.17, 15) is 19.6 Å². The number of carbonyl (C=O) groups is 3. The van der Waals surface area contributed by atoms with Gasteiger partial charge in [-0.15, -0.1) is 0 Å². The first-order chi connectivity index (χ1) is 33.7. The van der Waals surface area contributed by atoms with Gasteiger partial charge < -0.3 is 15.5 Å². The van der Waals surface area contributed by atoms with Crippen molar-refractivity contribution in [3.05, 3.63) is 215 Å². The third-order valence-electron chi connectivity index (χ3n) is 13.1. The van der Waals surface area contributed by atoms with Gasteiger partial charge in [0, 0.05) is 36.3 Å². The highest BCUT2D eigenvalue weighted by Gasteiger charge is 2.40. The summed E-state index contributed by atoms with van der Waals surface area (Å²) < 4.78 is 0. The topological polar surface area (TPSA) is 114 Å². The van der Waals surface area contributed by atoms with Gasteiger partial charge in [-0.05, 0) is 86.3 Å². The summed E-state index contributed by atoms with van der Waals surface area (Å²) in [5.74, 6) is 11.4. The zero-order chi connectivity index (χ0) is 48.4. The van der Waals surface area contributed by atoms with Crippen LogP contribution in [-0.2, 0) is 14.4 Å². The fourth-order valence-corrected chi connectivity index (χ4v) is 9.32.